The summed E-state index contributed by atoms with van der Waals surface area (Å²) < 4.78 is 5.09. The average molecular weight is 236 g/mol. The Hall–Kier alpha value is -1.26. The van der Waals surface area contributed by atoms with Crippen molar-refractivity contribution < 1.29 is 9.84 Å². The van der Waals surface area contributed by atoms with Gasteiger partial charge in [0.25, 0.3) is 0 Å². The molecule has 1 atom stereocenters. The summed E-state index contributed by atoms with van der Waals surface area (Å²) in [5, 5.41) is 13.4. The number of benzene rings is 1. The minimum absolute atomic E-state index is 0.244. The van der Waals surface area contributed by atoms with Crippen molar-refractivity contribution in [2.45, 2.75) is 19.0 Å². The van der Waals surface area contributed by atoms with Crippen molar-refractivity contribution >= 4 is 0 Å². The van der Waals surface area contributed by atoms with Gasteiger partial charge < -0.3 is 20.1 Å². The van der Waals surface area contributed by atoms with Crippen molar-refractivity contribution in [2.24, 2.45) is 0 Å². The van der Waals surface area contributed by atoms with E-state index < -0.39 is 0 Å². The van der Waals surface area contributed by atoms with E-state index in [9.17, 15) is 5.11 Å². The van der Waals surface area contributed by atoms with E-state index in [1.54, 1.807) is 13.2 Å². The Kier molecular flexibility index (Phi) is 3.86. The van der Waals surface area contributed by atoms with Crippen LogP contribution in [0.5, 0.6) is 11.5 Å². The van der Waals surface area contributed by atoms with E-state index in [2.05, 4.69) is 17.3 Å². The predicted molar refractivity (Wildman–Crippen MR) is 67.4 cm³/mol. The molecule has 1 aromatic carbocycles. The van der Waals surface area contributed by atoms with Crippen LogP contribution in [0.2, 0.25) is 0 Å². The molecule has 17 heavy (non-hydrogen) atoms. The number of hydrogen-bond donors (Lipinski definition) is 2. The topological polar surface area (TPSA) is 44.7 Å². The van der Waals surface area contributed by atoms with Gasteiger partial charge in [-0.25, -0.2) is 0 Å². The Morgan fingerprint density at radius 1 is 1.53 bits per heavy atom. The Morgan fingerprint density at radius 3 is 3.00 bits per heavy atom. The summed E-state index contributed by atoms with van der Waals surface area (Å²) in [6.45, 7) is 2.90. The summed E-state index contributed by atoms with van der Waals surface area (Å²) in [6.07, 6.45) is 1.17. The van der Waals surface area contributed by atoms with Gasteiger partial charge in [-0.3, -0.25) is 0 Å². The van der Waals surface area contributed by atoms with Gasteiger partial charge in [0.2, 0.25) is 0 Å². The molecule has 0 aromatic heterocycles. The van der Waals surface area contributed by atoms with Gasteiger partial charge in [0.1, 0.15) is 0 Å². The molecule has 1 fully saturated rings. The molecule has 2 N–H and O–H groups in total. The Balaban J connectivity index is 1.95. The minimum atomic E-state index is 0.244. The Bertz CT molecular complexity index is 382. The van der Waals surface area contributed by atoms with Crippen LogP contribution in [-0.2, 0) is 6.54 Å². The van der Waals surface area contributed by atoms with E-state index >= 15 is 0 Å². The number of nitrogens with zero attached hydrogens (tertiary/aromatic N) is 1. The number of methoxy groups -OCH3 is 1. The van der Waals surface area contributed by atoms with Gasteiger partial charge in [-0.1, -0.05) is 12.1 Å². The maximum Gasteiger partial charge on any atom is 0.162 e. The number of rotatable bonds is 4. The smallest absolute Gasteiger partial charge is 0.162 e. The SMILES string of the molecule is COc1cccc(CNC2CCN(C)C2)c1O. The van der Waals surface area contributed by atoms with Gasteiger partial charge in [-0.05, 0) is 26.1 Å². The lowest BCUT2D eigenvalue weighted by Gasteiger charge is -2.14. The van der Waals surface area contributed by atoms with E-state index in [0.29, 0.717) is 18.3 Å². The number of phenolic OH excluding ortho intramolecular Hbond substituents is 1. The normalized spacial score (nSPS) is 20.7. The van der Waals surface area contributed by atoms with Crippen molar-refractivity contribution in [1.29, 1.82) is 0 Å². The summed E-state index contributed by atoms with van der Waals surface area (Å²) in [7, 11) is 3.70. The first-order valence-corrected chi connectivity index (χ1v) is 5.97. The molecule has 1 heterocycles. The zero-order valence-electron chi connectivity index (χ0n) is 10.4. The summed E-state index contributed by atoms with van der Waals surface area (Å²) >= 11 is 0. The van der Waals surface area contributed by atoms with Crippen molar-refractivity contribution in [3.8, 4) is 11.5 Å². The maximum absolute atomic E-state index is 9.94. The third kappa shape index (κ3) is 2.90. The minimum Gasteiger partial charge on any atom is -0.504 e. The first-order chi connectivity index (χ1) is 8.20. The zero-order chi connectivity index (χ0) is 12.3. The van der Waals surface area contributed by atoms with Crippen molar-refractivity contribution in [1.82, 2.24) is 10.2 Å². The third-order valence-corrected chi connectivity index (χ3v) is 3.28. The highest BCUT2D eigenvalue weighted by Gasteiger charge is 2.19. The fourth-order valence-electron chi connectivity index (χ4n) is 2.23. The van der Waals surface area contributed by atoms with Crippen LogP contribution in [0.25, 0.3) is 0 Å². The second kappa shape index (κ2) is 5.38. The number of ether oxygens (including phenoxy) is 1. The molecule has 94 valence electrons. The summed E-state index contributed by atoms with van der Waals surface area (Å²) in [5.74, 6) is 0.779. The summed E-state index contributed by atoms with van der Waals surface area (Å²) in [6, 6.07) is 6.10. The van der Waals surface area contributed by atoms with Crippen molar-refractivity contribution in [2.75, 3.05) is 27.2 Å². The third-order valence-electron chi connectivity index (χ3n) is 3.28. The molecule has 1 aliphatic rings. The fourth-order valence-corrected chi connectivity index (χ4v) is 2.23. The predicted octanol–water partition coefficient (Wildman–Crippen LogP) is 1.19. The molecule has 4 nitrogen and oxygen atoms in total. The van der Waals surface area contributed by atoms with Crippen LogP contribution in [0.4, 0.5) is 0 Å². The van der Waals surface area contributed by atoms with Crippen LogP contribution in [0.3, 0.4) is 0 Å². The first-order valence-electron chi connectivity index (χ1n) is 5.97. The number of nitrogens with one attached hydrogen (secondary N) is 1. The Morgan fingerprint density at radius 2 is 2.35 bits per heavy atom. The molecule has 0 amide bonds. The molecule has 0 bridgehead atoms. The van der Waals surface area contributed by atoms with Crippen LogP contribution < -0.4 is 10.1 Å². The molecule has 2 rings (SSSR count). The van der Waals surface area contributed by atoms with Gasteiger partial charge >= 0.3 is 0 Å². The molecule has 1 aliphatic heterocycles. The first kappa shape index (κ1) is 12.2. The Labute approximate surface area is 102 Å². The highest BCUT2D eigenvalue weighted by Crippen LogP contribution is 2.29. The lowest BCUT2D eigenvalue weighted by molar-refractivity contribution is 0.367. The van der Waals surface area contributed by atoms with Crippen molar-refractivity contribution in [3.63, 3.8) is 0 Å². The summed E-state index contributed by atoms with van der Waals surface area (Å²) in [5.41, 5.74) is 0.888. The number of hydrogen-bond acceptors (Lipinski definition) is 4. The highest BCUT2D eigenvalue weighted by atomic mass is 16.5. The molecule has 0 saturated carbocycles. The largest absolute Gasteiger partial charge is 0.504 e. The maximum atomic E-state index is 9.94. The number of phenols is 1. The monoisotopic (exact) mass is 236 g/mol. The number of para-hydroxylation sites is 1. The van der Waals surface area contributed by atoms with Gasteiger partial charge in [0.05, 0.1) is 7.11 Å². The fraction of sp³-hybridized carbons (Fsp3) is 0.538. The molecular formula is C13H20N2O2. The number of likely N-dealkylation sites (tertiary alicyclic amines) is 1. The van der Waals surface area contributed by atoms with Gasteiger partial charge in [-0.15, -0.1) is 0 Å². The quantitative estimate of drug-likeness (QED) is 0.824. The van der Waals surface area contributed by atoms with E-state index in [4.69, 9.17) is 4.74 Å². The number of aromatic hydroxyl groups is 1. The molecule has 0 aliphatic carbocycles. The van der Waals surface area contributed by atoms with Gasteiger partial charge in [0.15, 0.2) is 11.5 Å². The van der Waals surface area contributed by atoms with E-state index in [-0.39, 0.29) is 5.75 Å². The van der Waals surface area contributed by atoms with E-state index in [0.717, 1.165) is 18.7 Å². The lowest BCUT2D eigenvalue weighted by Crippen LogP contribution is -2.30. The van der Waals surface area contributed by atoms with Crippen LogP contribution in [0.15, 0.2) is 18.2 Å². The van der Waals surface area contributed by atoms with E-state index in [1.165, 1.54) is 6.42 Å². The second-order valence-electron chi connectivity index (χ2n) is 4.60. The van der Waals surface area contributed by atoms with Crippen molar-refractivity contribution in [3.05, 3.63) is 23.8 Å². The van der Waals surface area contributed by atoms with Crippen LogP contribution in [0.1, 0.15) is 12.0 Å². The van der Waals surface area contributed by atoms with E-state index in [1.807, 2.05) is 12.1 Å². The standard InChI is InChI=1S/C13H20N2O2/c1-15-7-6-11(9-15)14-8-10-4-3-5-12(17-2)13(10)16/h3-5,11,14,16H,6-9H2,1-2H3. The summed E-state index contributed by atoms with van der Waals surface area (Å²) in [4.78, 5) is 2.31. The molecular weight excluding hydrogens is 216 g/mol. The second-order valence-corrected chi connectivity index (χ2v) is 4.60. The molecule has 1 unspecified atom stereocenters. The average Bonchev–Trinajstić information content (AvgIpc) is 2.74. The number of likely N-dealkylation sites (N-methyl/N-ethyl adjacent to an activating group) is 1. The van der Waals surface area contributed by atoms with Crippen LogP contribution >= 0.6 is 0 Å². The zero-order valence-corrected chi connectivity index (χ0v) is 10.4. The molecule has 4 heteroatoms. The van der Waals surface area contributed by atoms with Gasteiger partial charge in [-0.2, -0.15) is 0 Å². The molecule has 1 saturated heterocycles. The molecule has 0 spiro atoms. The lowest BCUT2D eigenvalue weighted by atomic mass is 10.1. The molecule has 0 radical (unpaired) electrons. The van der Waals surface area contributed by atoms with Crippen LogP contribution in [-0.4, -0.2) is 43.3 Å². The van der Waals surface area contributed by atoms with Gasteiger partial charge in [0, 0.05) is 24.7 Å². The highest BCUT2D eigenvalue weighted by molar-refractivity contribution is 5.45. The molecule has 1 aromatic rings. The van der Waals surface area contributed by atoms with Crippen LogP contribution in [0, 0.1) is 0 Å².